The van der Waals surface area contributed by atoms with Crippen molar-refractivity contribution in [3.63, 3.8) is 0 Å². The zero-order valence-electron chi connectivity index (χ0n) is 19.7. The van der Waals surface area contributed by atoms with Gasteiger partial charge in [0.15, 0.2) is 5.78 Å². The van der Waals surface area contributed by atoms with E-state index in [1.165, 1.54) is 24.3 Å². The average Bonchev–Trinajstić information content (AvgIpc) is 2.83. The molecule has 178 valence electrons. The first-order chi connectivity index (χ1) is 16.6. The number of ether oxygens (including phenoxy) is 1. The van der Waals surface area contributed by atoms with Crippen LogP contribution in [0.4, 0.5) is 11.4 Å². The second-order valence-corrected chi connectivity index (χ2v) is 9.01. The number of nitro benzene ring substituents is 1. The molecule has 8 nitrogen and oxygen atoms in total. The molecule has 1 aliphatic rings. The van der Waals surface area contributed by atoms with Gasteiger partial charge in [0.1, 0.15) is 5.75 Å². The Morgan fingerprint density at radius 1 is 1.03 bits per heavy atom. The Kier molecular flexibility index (Phi) is 6.46. The number of non-ortho nitro benzene ring substituents is 1. The van der Waals surface area contributed by atoms with E-state index in [4.69, 9.17) is 9.73 Å². The van der Waals surface area contributed by atoms with Crippen LogP contribution < -0.4 is 10.1 Å². The standard InChI is InChI=1S/C27H25N3O5/c1-27(2)16-19-8-13-22(35-3)14-23(19)24(29-27)15-25(31)17-4-9-20(10-5-17)28-26(32)18-6-11-21(12-7-18)30(33)34/h4-14H,15-16H2,1-3H3,(H,28,32). The Morgan fingerprint density at radius 2 is 1.69 bits per heavy atom. The van der Waals surface area contributed by atoms with Crippen LogP contribution in [0.25, 0.3) is 0 Å². The van der Waals surface area contributed by atoms with Gasteiger partial charge in [-0.15, -0.1) is 0 Å². The summed E-state index contributed by atoms with van der Waals surface area (Å²) >= 11 is 0. The molecule has 1 heterocycles. The van der Waals surface area contributed by atoms with E-state index in [2.05, 4.69) is 5.32 Å². The number of hydrogen-bond acceptors (Lipinski definition) is 6. The maximum absolute atomic E-state index is 13.1. The molecule has 3 aromatic rings. The lowest BCUT2D eigenvalue weighted by molar-refractivity contribution is -0.384. The highest BCUT2D eigenvalue weighted by atomic mass is 16.6. The number of hydrogen-bond donors (Lipinski definition) is 1. The molecule has 35 heavy (non-hydrogen) atoms. The molecule has 0 unspecified atom stereocenters. The molecule has 0 bridgehead atoms. The van der Waals surface area contributed by atoms with Gasteiger partial charge in [0.2, 0.25) is 0 Å². The summed E-state index contributed by atoms with van der Waals surface area (Å²) in [6.07, 6.45) is 0.936. The molecule has 1 N–H and O–H groups in total. The van der Waals surface area contributed by atoms with Gasteiger partial charge in [0, 0.05) is 34.5 Å². The average molecular weight is 472 g/mol. The fourth-order valence-electron chi connectivity index (χ4n) is 4.10. The van der Waals surface area contributed by atoms with Crippen molar-refractivity contribution < 1.29 is 19.2 Å². The fraction of sp³-hybridized carbons (Fsp3) is 0.222. The minimum absolute atomic E-state index is 0.0801. The number of aliphatic imine (C=N–C) groups is 1. The lowest BCUT2D eigenvalue weighted by Gasteiger charge is -2.29. The smallest absolute Gasteiger partial charge is 0.269 e. The summed E-state index contributed by atoms with van der Waals surface area (Å²) in [6, 6.07) is 17.8. The summed E-state index contributed by atoms with van der Waals surface area (Å²) in [6.45, 7) is 4.10. The number of amides is 1. The van der Waals surface area contributed by atoms with Crippen LogP contribution in [0.1, 0.15) is 52.1 Å². The predicted octanol–water partition coefficient (Wildman–Crippen LogP) is 5.25. The molecule has 0 aliphatic carbocycles. The van der Waals surface area contributed by atoms with Crippen LogP contribution in [0.3, 0.4) is 0 Å². The third kappa shape index (κ3) is 5.43. The molecule has 0 radical (unpaired) electrons. The maximum Gasteiger partial charge on any atom is 0.269 e. The van der Waals surface area contributed by atoms with Gasteiger partial charge >= 0.3 is 0 Å². The van der Waals surface area contributed by atoms with Crippen LogP contribution in [0.15, 0.2) is 71.7 Å². The second-order valence-electron chi connectivity index (χ2n) is 9.01. The minimum atomic E-state index is -0.521. The number of benzene rings is 3. The number of anilines is 1. The molecule has 0 fully saturated rings. The van der Waals surface area contributed by atoms with Crippen LogP contribution in [0, 0.1) is 10.1 Å². The molecular weight excluding hydrogens is 446 g/mol. The SMILES string of the molecule is COc1ccc2c(c1)C(CC(=O)c1ccc(NC(=O)c3ccc([N+](=O)[O-])cc3)cc1)=NC(C)(C)C2. The first kappa shape index (κ1) is 23.8. The van der Waals surface area contributed by atoms with Gasteiger partial charge in [-0.3, -0.25) is 24.7 Å². The Hall–Kier alpha value is -4.33. The van der Waals surface area contributed by atoms with E-state index >= 15 is 0 Å². The van der Waals surface area contributed by atoms with Crippen molar-refractivity contribution in [2.24, 2.45) is 4.99 Å². The molecule has 4 rings (SSSR count). The first-order valence-corrected chi connectivity index (χ1v) is 11.1. The van der Waals surface area contributed by atoms with Crippen LogP contribution in [0.2, 0.25) is 0 Å². The van der Waals surface area contributed by atoms with Crippen LogP contribution in [0.5, 0.6) is 5.75 Å². The Labute approximate surface area is 202 Å². The molecular formula is C27H25N3O5. The van der Waals surface area contributed by atoms with Gasteiger partial charge in [-0.25, -0.2) is 0 Å². The summed E-state index contributed by atoms with van der Waals surface area (Å²) in [4.78, 5) is 40.6. The van der Waals surface area contributed by atoms with Crippen molar-refractivity contribution in [3.8, 4) is 5.75 Å². The summed E-state index contributed by atoms with van der Waals surface area (Å²) in [5, 5.41) is 13.5. The number of carbonyl (C=O) groups is 2. The maximum atomic E-state index is 13.1. The van der Waals surface area contributed by atoms with Gasteiger partial charge in [0.25, 0.3) is 11.6 Å². The third-order valence-corrected chi connectivity index (χ3v) is 5.82. The number of methoxy groups -OCH3 is 1. The van der Waals surface area contributed by atoms with Crippen molar-refractivity contribution in [3.05, 3.63) is 99.1 Å². The summed E-state index contributed by atoms with van der Waals surface area (Å²) in [5.41, 5.74) is 3.73. The largest absolute Gasteiger partial charge is 0.497 e. The zero-order valence-corrected chi connectivity index (χ0v) is 19.7. The monoisotopic (exact) mass is 471 g/mol. The molecule has 0 atom stereocenters. The molecule has 1 amide bonds. The Morgan fingerprint density at radius 3 is 2.31 bits per heavy atom. The number of ketones is 1. The van der Waals surface area contributed by atoms with Gasteiger partial charge in [-0.2, -0.15) is 0 Å². The highest BCUT2D eigenvalue weighted by molar-refractivity contribution is 6.17. The molecule has 1 aliphatic heterocycles. The predicted molar refractivity (Wildman–Crippen MR) is 134 cm³/mol. The number of carbonyl (C=O) groups excluding carboxylic acids is 2. The van der Waals surface area contributed by atoms with Crippen LogP contribution >= 0.6 is 0 Å². The topological polar surface area (TPSA) is 111 Å². The number of Topliss-reactive ketones (excluding diaryl/α,β-unsaturated/α-hetero) is 1. The van der Waals surface area contributed by atoms with E-state index in [1.54, 1.807) is 31.4 Å². The molecule has 8 heteroatoms. The Bertz CT molecular complexity index is 1330. The number of nitro groups is 1. The van der Waals surface area contributed by atoms with Gasteiger partial charge in [0.05, 0.1) is 29.7 Å². The number of rotatable bonds is 7. The molecule has 0 saturated carbocycles. The number of fused-ring (bicyclic) bond motifs is 1. The van der Waals surface area contributed by atoms with Crippen molar-refractivity contribution in [1.82, 2.24) is 0 Å². The van der Waals surface area contributed by atoms with Gasteiger partial charge < -0.3 is 10.1 Å². The van der Waals surface area contributed by atoms with Crippen molar-refractivity contribution in [1.29, 1.82) is 0 Å². The second kappa shape index (κ2) is 9.50. The van der Waals surface area contributed by atoms with Gasteiger partial charge in [-0.05, 0) is 74.4 Å². The van der Waals surface area contributed by atoms with E-state index in [0.717, 1.165) is 29.0 Å². The van der Waals surface area contributed by atoms with Crippen molar-refractivity contribution in [2.75, 3.05) is 12.4 Å². The first-order valence-electron chi connectivity index (χ1n) is 11.1. The fourth-order valence-corrected chi connectivity index (χ4v) is 4.10. The van der Waals surface area contributed by atoms with E-state index in [1.807, 2.05) is 32.0 Å². The van der Waals surface area contributed by atoms with Crippen molar-refractivity contribution >= 4 is 28.8 Å². The van der Waals surface area contributed by atoms with E-state index in [0.29, 0.717) is 16.8 Å². The van der Waals surface area contributed by atoms with Crippen LogP contribution in [-0.4, -0.2) is 35.0 Å². The Balaban J connectivity index is 1.47. The highest BCUT2D eigenvalue weighted by Gasteiger charge is 2.28. The summed E-state index contributed by atoms with van der Waals surface area (Å²) < 4.78 is 5.36. The van der Waals surface area contributed by atoms with E-state index in [9.17, 15) is 19.7 Å². The summed E-state index contributed by atoms with van der Waals surface area (Å²) in [5.74, 6) is 0.239. The van der Waals surface area contributed by atoms with Crippen LogP contribution in [-0.2, 0) is 6.42 Å². The molecule has 3 aromatic carbocycles. The number of nitrogens with zero attached hydrogens (tertiary/aromatic N) is 2. The molecule has 0 aromatic heterocycles. The van der Waals surface area contributed by atoms with Crippen molar-refractivity contribution in [2.45, 2.75) is 32.2 Å². The highest BCUT2D eigenvalue weighted by Crippen LogP contribution is 2.31. The quantitative estimate of drug-likeness (QED) is 0.287. The third-order valence-electron chi connectivity index (χ3n) is 5.82. The lowest BCUT2D eigenvalue weighted by Crippen LogP contribution is -2.30. The molecule has 0 spiro atoms. The molecule has 0 saturated heterocycles. The van der Waals surface area contributed by atoms with E-state index < -0.39 is 10.8 Å². The zero-order chi connectivity index (χ0) is 25.2. The minimum Gasteiger partial charge on any atom is -0.497 e. The normalized spacial score (nSPS) is 13.9. The lowest BCUT2D eigenvalue weighted by atomic mass is 9.85. The summed E-state index contributed by atoms with van der Waals surface area (Å²) in [7, 11) is 1.61. The van der Waals surface area contributed by atoms with E-state index in [-0.39, 0.29) is 23.4 Å². The number of nitrogens with one attached hydrogen (secondary N) is 1. The van der Waals surface area contributed by atoms with Gasteiger partial charge in [-0.1, -0.05) is 6.07 Å².